The molecule has 1 fully saturated rings. The molecule has 0 radical (unpaired) electrons. The van der Waals surface area contributed by atoms with Crippen LogP contribution in [-0.2, 0) is 16.1 Å². The van der Waals surface area contributed by atoms with Crippen LogP contribution in [0.1, 0.15) is 18.7 Å². The summed E-state index contributed by atoms with van der Waals surface area (Å²) in [6.45, 7) is 3.77. The molecule has 1 aliphatic heterocycles. The second-order valence-electron chi connectivity index (χ2n) is 4.67. The van der Waals surface area contributed by atoms with Crippen molar-refractivity contribution in [3.05, 3.63) is 20.8 Å². The number of amides is 4. The Bertz CT molecular complexity index is 541. The second-order valence-corrected chi connectivity index (χ2v) is 6.58. The predicted molar refractivity (Wildman–Crippen MR) is 74.4 cm³/mol. The molecule has 7 heteroatoms. The zero-order chi connectivity index (χ0) is 14.2. The number of imide groups is 2. The van der Waals surface area contributed by atoms with Crippen LogP contribution in [0.25, 0.3) is 0 Å². The molecule has 0 bridgehead atoms. The van der Waals surface area contributed by atoms with Gasteiger partial charge in [0.25, 0.3) is 0 Å². The zero-order valence-corrected chi connectivity index (χ0v) is 12.9. The average molecular weight is 345 g/mol. The van der Waals surface area contributed by atoms with E-state index in [-0.39, 0.29) is 12.5 Å². The standard InChI is InChI=1S/C12H13BrN2O3S/c1-6(2)9-10(16)14-12(18)15(11(9)17)4-8-3-7(13)5-19-8/h3,5-6,9H,4H2,1-2H3,(H,14,16,18). The molecular formula is C12H13BrN2O3S. The van der Waals surface area contributed by atoms with E-state index < -0.39 is 23.8 Å². The Hall–Kier alpha value is -1.21. The van der Waals surface area contributed by atoms with Gasteiger partial charge in [-0.15, -0.1) is 11.3 Å². The number of carbonyl (C=O) groups excluding carboxylic acids is 3. The molecule has 1 saturated heterocycles. The predicted octanol–water partition coefficient (Wildman–Crippen LogP) is 2.36. The highest BCUT2D eigenvalue weighted by molar-refractivity contribution is 9.10. The van der Waals surface area contributed by atoms with Crippen molar-refractivity contribution in [3.63, 3.8) is 0 Å². The number of nitrogens with one attached hydrogen (secondary N) is 1. The molecular weight excluding hydrogens is 332 g/mol. The first-order valence-electron chi connectivity index (χ1n) is 5.79. The van der Waals surface area contributed by atoms with Crippen molar-refractivity contribution in [2.45, 2.75) is 20.4 Å². The topological polar surface area (TPSA) is 66.5 Å². The van der Waals surface area contributed by atoms with E-state index in [2.05, 4.69) is 21.2 Å². The number of rotatable bonds is 3. The molecule has 0 aromatic carbocycles. The summed E-state index contributed by atoms with van der Waals surface area (Å²) in [6, 6.07) is 1.21. The van der Waals surface area contributed by atoms with Crippen LogP contribution in [0.3, 0.4) is 0 Å². The maximum Gasteiger partial charge on any atom is 0.331 e. The number of thiophene rings is 1. The summed E-state index contributed by atoms with van der Waals surface area (Å²) in [5, 5.41) is 4.12. The number of urea groups is 1. The lowest BCUT2D eigenvalue weighted by Gasteiger charge is -2.31. The highest BCUT2D eigenvalue weighted by Crippen LogP contribution is 2.24. The van der Waals surface area contributed by atoms with Crippen LogP contribution in [0.4, 0.5) is 4.79 Å². The highest BCUT2D eigenvalue weighted by Gasteiger charge is 2.41. The van der Waals surface area contributed by atoms with Crippen molar-refractivity contribution in [1.82, 2.24) is 10.2 Å². The van der Waals surface area contributed by atoms with Gasteiger partial charge in [0, 0.05) is 14.7 Å². The molecule has 4 amide bonds. The minimum Gasteiger partial charge on any atom is -0.277 e. The summed E-state index contributed by atoms with van der Waals surface area (Å²) < 4.78 is 0.911. The van der Waals surface area contributed by atoms with E-state index in [1.807, 2.05) is 11.4 Å². The lowest BCUT2D eigenvalue weighted by atomic mass is 9.92. The average Bonchev–Trinajstić information content (AvgIpc) is 2.69. The van der Waals surface area contributed by atoms with Gasteiger partial charge < -0.3 is 0 Å². The molecule has 1 aromatic rings. The van der Waals surface area contributed by atoms with Crippen LogP contribution >= 0.6 is 27.3 Å². The number of barbiturate groups is 1. The highest BCUT2D eigenvalue weighted by atomic mass is 79.9. The first-order valence-corrected chi connectivity index (χ1v) is 7.46. The lowest BCUT2D eigenvalue weighted by molar-refractivity contribution is -0.144. The molecule has 1 N–H and O–H groups in total. The van der Waals surface area contributed by atoms with Gasteiger partial charge in [-0.3, -0.25) is 19.8 Å². The van der Waals surface area contributed by atoms with Crippen molar-refractivity contribution in [2.24, 2.45) is 11.8 Å². The first kappa shape index (κ1) is 14.2. The van der Waals surface area contributed by atoms with Crippen molar-refractivity contribution < 1.29 is 14.4 Å². The van der Waals surface area contributed by atoms with Gasteiger partial charge in [-0.05, 0) is 27.9 Å². The fourth-order valence-corrected chi connectivity index (χ4v) is 3.40. The van der Waals surface area contributed by atoms with Gasteiger partial charge in [-0.2, -0.15) is 0 Å². The molecule has 19 heavy (non-hydrogen) atoms. The van der Waals surface area contributed by atoms with Gasteiger partial charge in [-0.25, -0.2) is 4.79 Å². The quantitative estimate of drug-likeness (QED) is 0.856. The van der Waals surface area contributed by atoms with E-state index in [0.29, 0.717) is 0 Å². The molecule has 2 rings (SSSR count). The van der Waals surface area contributed by atoms with E-state index in [9.17, 15) is 14.4 Å². The van der Waals surface area contributed by atoms with Gasteiger partial charge in [0.1, 0.15) is 5.92 Å². The summed E-state index contributed by atoms with van der Waals surface area (Å²) >= 11 is 4.78. The molecule has 1 atom stereocenters. The number of hydrogen-bond donors (Lipinski definition) is 1. The first-order chi connectivity index (χ1) is 8.90. The van der Waals surface area contributed by atoms with Crippen LogP contribution in [0.5, 0.6) is 0 Å². The van der Waals surface area contributed by atoms with Gasteiger partial charge in [0.15, 0.2) is 0 Å². The van der Waals surface area contributed by atoms with Gasteiger partial charge >= 0.3 is 6.03 Å². The van der Waals surface area contributed by atoms with Gasteiger partial charge in [-0.1, -0.05) is 13.8 Å². The Morgan fingerprint density at radius 3 is 2.63 bits per heavy atom. The molecule has 0 saturated carbocycles. The minimum atomic E-state index is -0.791. The summed E-state index contributed by atoms with van der Waals surface area (Å²) in [7, 11) is 0. The Morgan fingerprint density at radius 1 is 1.42 bits per heavy atom. The summed E-state index contributed by atoms with van der Waals surface area (Å²) in [4.78, 5) is 37.7. The second kappa shape index (κ2) is 5.42. The smallest absolute Gasteiger partial charge is 0.277 e. The lowest BCUT2D eigenvalue weighted by Crippen LogP contribution is -2.58. The van der Waals surface area contributed by atoms with Crippen LogP contribution in [0.15, 0.2) is 15.9 Å². The maximum atomic E-state index is 12.2. The zero-order valence-electron chi connectivity index (χ0n) is 10.5. The molecule has 0 aliphatic carbocycles. The van der Waals surface area contributed by atoms with Crippen LogP contribution in [-0.4, -0.2) is 22.7 Å². The van der Waals surface area contributed by atoms with Crippen LogP contribution in [0.2, 0.25) is 0 Å². The van der Waals surface area contributed by atoms with Gasteiger partial charge in [0.05, 0.1) is 6.54 Å². The number of hydrogen-bond acceptors (Lipinski definition) is 4. The maximum absolute atomic E-state index is 12.2. The fraction of sp³-hybridized carbons (Fsp3) is 0.417. The van der Waals surface area contributed by atoms with Crippen molar-refractivity contribution in [2.75, 3.05) is 0 Å². The van der Waals surface area contributed by atoms with E-state index in [1.165, 1.54) is 11.3 Å². The van der Waals surface area contributed by atoms with Crippen LogP contribution < -0.4 is 5.32 Å². The third kappa shape index (κ3) is 2.87. The Balaban J connectivity index is 2.21. The molecule has 2 heterocycles. The van der Waals surface area contributed by atoms with Crippen molar-refractivity contribution >= 4 is 45.1 Å². The van der Waals surface area contributed by atoms with Crippen molar-refractivity contribution in [3.8, 4) is 0 Å². The molecule has 1 unspecified atom stereocenters. The van der Waals surface area contributed by atoms with E-state index in [4.69, 9.17) is 0 Å². The van der Waals surface area contributed by atoms with E-state index in [0.717, 1.165) is 14.2 Å². The monoisotopic (exact) mass is 344 g/mol. The Kier molecular flexibility index (Phi) is 4.05. The molecule has 1 aromatic heterocycles. The molecule has 5 nitrogen and oxygen atoms in total. The Morgan fingerprint density at radius 2 is 2.11 bits per heavy atom. The van der Waals surface area contributed by atoms with E-state index in [1.54, 1.807) is 13.8 Å². The Labute approximate surface area is 123 Å². The number of nitrogens with zero attached hydrogens (tertiary/aromatic N) is 1. The number of carbonyl (C=O) groups is 3. The number of halogens is 1. The van der Waals surface area contributed by atoms with Crippen LogP contribution in [0, 0.1) is 11.8 Å². The fourth-order valence-electron chi connectivity index (χ4n) is 1.96. The van der Waals surface area contributed by atoms with Gasteiger partial charge in [0.2, 0.25) is 11.8 Å². The summed E-state index contributed by atoms with van der Waals surface area (Å²) in [6.07, 6.45) is 0. The van der Waals surface area contributed by atoms with Crippen molar-refractivity contribution in [1.29, 1.82) is 0 Å². The third-order valence-corrected chi connectivity index (χ3v) is 4.57. The normalized spacial score (nSPS) is 20.1. The SMILES string of the molecule is CC(C)C1C(=O)NC(=O)N(Cc2cc(Br)cs2)C1=O. The molecule has 0 spiro atoms. The van der Waals surface area contributed by atoms with E-state index >= 15 is 0 Å². The minimum absolute atomic E-state index is 0.141. The summed E-state index contributed by atoms with van der Waals surface area (Å²) in [5.74, 6) is -1.86. The third-order valence-electron chi connectivity index (χ3n) is 2.89. The molecule has 102 valence electrons. The summed E-state index contributed by atoms with van der Waals surface area (Å²) in [5.41, 5.74) is 0. The largest absolute Gasteiger partial charge is 0.331 e. The molecule has 1 aliphatic rings.